The van der Waals surface area contributed by atoms with E-state index < -0.39 is 0 Å². The van der Waals surface area contributed by atoms with E-state index in [1.165, 1.54) is 64.2 Å². The maximum Gasteiger partial charge on any atom is 0.0811 e. The van der Waals surface area contributed by atoms with Gasteiger partial charge in [0.2, 0.25) is 0 Å². The quantitative estimate of drug-likeness (QED) is 0.709. The van der Waals surface area contributed by atoms with Crippen LogP contribution >= 0.6 is 0 Å². The van der Waals surface area contributed by atoms with Crippen LogP contribution in [-0.4, -0.2) is 24.3 Å². The second-order valence-corrected chi connectivity index (χ2v) is 7.00. The van der Waals surface area contributed by atoms with Crippen molar-refractivity contribution in [3.05, 3.63) is 0 Å². The molecule has 1 saturated heterocycles. The second-order valence-electron chi connectivity index (χ2n) is 7.00. The van der Waals surface area contributed by atoms with Crippen LogP contribution in [0.1, 0.15) is 71.1 Å². The largest absolute Gasteiger partial charge is 0.369 e. The minimum Gasteiger partial charge on any atom is -0.369 e. The molecule has 1 aliphatic heterocycles. The predicted molar refractivity (Wildman–Crippen MR) is 74.7 cm³/mol. The van der Waals surface area contributed by atoms with Gasteiger partial charge in [0, 0.05) is 12.6 Å². The van der Waals surface area contributed by atoms with Gasteiger partial charge in [-0.25, -0.2) is 0 Å². The lowest BCUT2D eigenvalue weighted by molar-refractivity contribution is -0.159. The van der Waals surface area contributed by atoms with Crippen LogP contribution in [-0.2, 0) is 4.74 Å². The molecule has 3 fully saturated rings. The Balaban J connectivity index is 1.63. The lowest BCUT2D eigenvalue weighted by Crippen LogP contribution is -2.60. The Morgan fingerprint density at radius 2 is 1.67 bits per heavy atom. The molecule has 2 heteroatoms. The normalized spacial score (nSPS) is 46.2. The van der Waals surface area contributed by atoms with Crippen molar-refractivity contribution >= 4 is 0 Å². The first-order valence-corrected chi connectivity index (χ1v) is 8.19. The molecule has 2 nitrogen and oxygen atoms in total. The highest BCUT2D eigenvalue weighted by molar-refractivity contribution is 4.96. The molecule has 3 aliphatic rings. The smallest absolute Gasteiger partial charge is 0.0811 e. The number of nitrogens with one attached hydrogen (secondary N) is 1. The van der Waals surface area contributed by atoms with E-state index in [-0.39, 0.29) is 5.60 Å². The molecule has 0 radical (unpaired) electrons. The fourth-order valence-electron chi connectivity index (χ4n) is 4.09. The highest BCUT2D eigenvalue weighted by Crippen LogP contribution is 2.39. The van der Waals surface area contributed by atoms with Crippen LogP contribution in [0.5, 0.6) is 0 Å². The highest BCUT2D eigenvalue weighted by Gasteiger charge is 2.42. The van der Waals surface area contributed by atoms with Crippen LogP contribution in [0.3, 0.4) is 0 Å². The average molecular weight is 251 g/mol. The van der Waals surface area contributed by atoms with E-state index in [9.17, 15) is 0 Å². The Labute approximate surface area is 112 Å². The summed E-state index contributed by atoms with van der Waals surface area (Å²) in [7, 11) is 0. The Morgan fingerprint density at radius 1 is 0.944 bits per heavy atom. The first-order chi connectivity index (χ1) is 8.77. The Bertz CT molecular complexity index is 270. The van der Waals surface area contributed by atoms with Gasteiger partial charge in [0.1, 0.15) is 0 Å². The summed E-state index contributed by atoms with van der Waals surface area (Å²) >= 11 is 0. The number of morpholine rings is 1. The van der Waals surface area contributed by atoms with E-state index in [0.29, 0.717) is 12.1 Å². The van der Waals surface area contributed by atoms with Gasteiger partial charge >= 0.3 is 0 Å². The maximum absolute atomic E-state index is 6.64. The topological polar surface area (TPSA) is 21.3 Å². The van der Waals surface area contributed by atoms with Gasteiger partial charge < -0.3 is 10.1 Å². The summed E-state index contributed by atoms with van der Waals surface area (Å²) in [6, 6.07) is 0.648. The zero-order valence-electron chi connectivity index (χ0n) is 11.9. The molecular formula is C16H29NO. The summed E-state index contributed by atoms with van der Waals surface area (Å²) in [5, 5.41) is 3.84. The van der Waals surface area contributed by atoms with Crippen LogP contribution in [0.4, 0.5) is 0 Å². The van der Waals surface area contributed by atoms with Gasteiger partial charge in [0.15, 0.2) is 0 Å². The van der Waals surface area contributed by atoms with Crippen LogP contribution in [0.2, 0.25) is 0 Å². The second kappa shape index (κ2) is 5.50. The molecule has 1 spiro atoms. The minimum atomic E-state index is 0.201. The summed E-state index contributed by atoms with van der Waals surface area (Å²) in [4.78, 5) is 0. The number of fused-ring (bicyclic) bond motifs is 1. The Morgan fingerprint density at radius 3 is 2.44 bits per heavy atom. The molecule has 0 amide bonds. The zero-order valence-corrected chi connectivity index (χ0v) is 11.9. The fourth-order valence-corrected chi connectivity index (χ4v) is 4.09. The van der Waals surface area contributed by atoms with E-state index in [1.807, 2.05) is 0 Å². The number of rotatable bonds is 0. The third-order valence-electron chi connectivity index (χ3n) is 5.48. The van der Waals surface area contributed by atoms with Crippen molar-refractivity contribution in [2.45, 2.75) is 88.9 Å². The molecule has 1 heterocycles. The summed E-state index contributed by atoms with van der Waals surface area (Å²) in [5.41, 5.74) is 0.201. The number of hydrogen-bond donors (Lipinski definition) is 1. The molecule has 0 aromatic carbocycles. The van der Waals surface area contributed by atoms with Gasteiger partial charge in [-0.15, -0.1) is 0 Å². The molecule has 104 valence electrons. The van der Waals surface area contributed by atoms with E-state index in [2.05, 4.69) is 12.2 Å². The average Bonchev–Trinajstić information content (AvgIpc) is 2.36. The van der Waals surface area contributed by atoms with Gasteiger partial charge in [-0.3, -0.25) is 0 Å². The van der Waals surface area contributed by atoms with Crippen LogP contribution < -0.4 is 5.32 Å². The van der Waals surface area contributed by atoms with Gasteiger partial charge in [0.05, 0.1) is 11.7 Å². The van der Waals surface area contributed by atoms with E-state index in [4.69, 9.17) is 4.74 Å². The summed E-state index contributed by atoms with van der Waals surface area (Å²) in [6.07, 6.45) is 14.0. The molecule has 2 atom stereocenters. The van der Waals surface area contributed by atoms with Crippen molar-refractivity contribution < 1.29 is 4.74 Å². The fraction of sp³-hybridized carbons (Fsp3) is 1.00. The SMILES string of the molecule is CC1CCC2(CC1)CNC1CCCCCCC1O2. The first-order valence-electron chi connectivity index (χ1n) is 8.19. The van der Waals surface area contributed by atoms with Crippen LogP contribution in [0.15, 0.2) is 0 Å². The monoisotopic (exact) mass is 251 g/mol. The molecule has 1 N–H and O–H groups in total. The minimum absolute atomic E-state index is 0.201. The van der Waals surface area contributed by atoms with Crippen molar-refractivity contribution in [2.24, 2.45) is 5.92 Å². The van der Waals surface area contributed by atoms with Crippen molar-refractivity contribution in [3.8, 4) is 0 Å². The Hall–Kier alpha value is -0.0800. The van der Waals surface area contributed by atoms with Gasteiger partial charge in [-0.05, 0) is 44.4 Å². The van der Waals surface area contributed by atoms with E-state index in [1.54, 1.807) is 0 Å². The molecule has 0 aromatic rings. The number of ether oxygens (including phenoxy) is 1. The molecule has 3 rings (SSSR count). The predicted octanol–water partition coefficient (Wildman–Crippen LogP) is 3.65. The summed E-state index contributed by atoms with van der Waals surface area (Å²) in [6.45, 7) is 3.50. The van der Waals surface area contributed by atoms with Crippen molar-refractivity contribution in [1.29, 1.82) is 0 Å². The van der Waals surface area contributed by atoms with E-state index in [0.717, 1.165) is 12.5 Å². The van der Waals surface area contributed by atoms with Gasteiger partial charge in [-0.1, -0.05) is 32.6 Å². The summed E-state index contributed by atoms with van der Waals surface area (Å²) in [5.74, 6) is 0.911. The van der Waals surface area contributed by atoms with E-state index >= 15 is 0 Å². The molecule has 2 aliphatic carbocycles. The van der Waals surface area contributed by atoms with Crippen molar-refractivity contribution in [2.75, 3.05) is 6.54 Å². The van der Waals surface area contributed by atoms with Gasteiger partial charge in [-0.2, -0.15) is 0 Å². The molecular weight excluding hydrogens is 222 g/mol. The molecule has 2 unspecified atom stereocenters. The lowest BCUT2D eigenvalue weighted by atomic mass is 9.77. The molecule has 0 bridgehead atoms. The highest BCUT2D eigenvalue weighted by atomic mass is 16.5. The molecule has 2 saturated carbocycles. The maximum atomic E-state index is 6.64. The summed E-state index contributed by atoms with van der Waals surface area (Å²) < 4.78 is 6.64. The zero-order chi connectivity index (χ0) is 12.4. The van der Waals surface area contributed by atoms with Gasteiger partial charge in [0.25, 0.3) is 0 Å². The van der Waals surface area contributed by atoms with Crippen molar-refractivity contribution in [1.82, 2.24) is 5.32 Å². The lowest BCUT2D eigenvalue weighted by Gasteiger charge is -2.49. The third-order valence-corrected chi connectivity index (χ3v) is 5.48. The van der Waals surface area contributed by atoms with Crippen LogP contribution in [0.25, 0.3) is 0 Å². The number of hydrogen-bond acceptors (Lipinski definition) is 2. The van der Waals surface area contributed by atoms with Crippen molar-refractivity contribution in [3.63, 3.8) is 0 Å². The third kappa shape index (κ3) is 2.75. The molecule has 18 heavy (non-hydrogen) atoms. The standard InChI is InChI=1S/C16H29NO/c1-13-8-10-16(11-9-13)12-17-14-6-4-2-3-5-7-15(14)18-16/h13-15,17H,2-12H2,1H3. The molecule has 0 aromatic heterocycles. The first kappa shape index (κ1) is 12.9. The Kier molecular flexibility index (Phi) is 3.95. The van der Waals surface area contributed by atoms with Crippen LogP contribution in [0, 0.1) is 5.92 Å².